The summed E-state index contributed by atoms with van der Waals surface area (Å²) in [6, 6.07) is 8.91. The van der Waals surface area contributed by atoms with Gasteiger partial charge in [-0.05, 0) is 42.7 Å². The van der Waals surface area contributed by atoms with E-state index in [0.717, 1.165) is 53.5 Å². The van der Waals surface area contributed by atoms with Crippen LogP contribution in [0, 0.1) is 30.1 Å². The Morgan fingerprint density at radius 1 is 1.18 bits per heavy atom. The van der Waals surface area contributed by atoms with Crippen molar-refractivity contribution in [2.24, 2.45) is 11.8 Å². The third-order valence-electron chi connectivity index (χ3n) is 8.41. The van der Waals surface area contributed by atoms with Crippen molar-refractivity contribution in [2.75, 3.05) is 18.0 Å². The Morgan fingerprint density at radius 2 is 1.98 bits per heavy atom. The Hall–Kier alpha value is -3.65. The molecule has 2 aliphatic rings. The van der Waals surface area contributed by atoms with Crippen molar-refractivity contribution in [1.82, 2.24) is 20.3 Å². The molecule has 0 spiro atoms. The highest BCUT2D eigenvalue weighted by atomic mass is 32.1. The summed E-state index contributed by atoms with van der Waals surface area (Å²) in [5.74, 6) is 1.11. The van der Waals surface area contributed by atoms with Crippen molar-refractivity contribution < 1.29 is 18.0 Å². The van der Waals surface area contributed by atoms with Gasteiger partial charge in [0.05, 0.1) is 17.8 Å². The highest BCUT2D eigenvalue weighted by Crippen LogP contribution is 2.40. The second-order valence-corrected chi connectivity index (χ2v) is 12.1. The molecule has 7 nitrogen and oxygen atoms in total. The van der Waals surface area contributed by atoms with Crippen molar-refractivity contribution in [3.8, 4) is 6.07 Å². The van der Waals surface area contributed by atoms with Crippen molar-refractivity contribution in [1.29, 1.82) is 5.26 Å². The van der Waals surface area contributed by atoms with E-state index < -0.39 is 12.6 Å². The summed E-state index contributed by atoms with van der Waals surface area (Å²) < 4.78 is 39.2. The van der Waals surface area contributed by atoms with Crippen LogP contribution >= 0.6 is 11.3 Å². The molecule has 0 bridgehead atoms. The molecule has 208 valence electrons. The number of aromatic nitrogens is 3. The molecule has 40 heavy (non-hydrogen) atoms. The Morgan fingerprint density at radius 3 is 2.73 bits per heavy atom. The highest BCUT2D eigenvalue weighted by molar-refractivity contribution is 7.18. The first-order valence-corrected chi connectivity index (χ1v) is 14.4. The fourth-order valence-corrected chi connectivity index (χ4v) is 7.55. The summed E-state index contributed by atoms with van der Waals surface area (Å²) in [6.45, 7) is 3.08. The van der Waals surface area contributed by atoms with Crippen LogP contribution in [0.4, 0.5) is 19.0 Å². The Kier molecular flexibility index (Phi) is 6.90. The average molecular weight is 567 g/mol. The summed E-state index contributed by atoms with van der Waals surface area (Å²) in [5, 5.41) is 14.0. The third kappa shape index (κ3) is 5.12. The van der Waals surface area contributed by atoms with Gasteiger partial charge in [-0.3, -0.25) is 4.79 Å². The maximum atomic E-state index is 13.6. The van der Waals surface area contributed by atoms with E-state index >= 15 is 0 Å². The smallest absolute Gasteiger partial charge is 0.354 e. The minimum Gasteiger partial charge on any atom is -0.354 e. The van der Waals surface area contributed by atoms with Gasteiger partial charge in [0.25, 0.3) is 5.91 Å². The molecule has 2 atom stereocenters. The van der Waals surface area contributed by atoms with Crippen LogP contribution in [0.3, 0.4) is 0 Å². The molecule has 2 unspecified atom stereocenters. The van der Waals surface area contributed by atoms with Crippen molar-refractivity contribution >= 4 is 44.2 Å². The van der Waals surface area contributed by atoms with Gasteiger partial charge in [0, 0.05) is 40.4 Å². The maximum absolute atomic E-state index is 13.6. The lowest BCUT2D eigenvalue weighted by Gasteiger charge is -2.31. The van der Waals surface area contributed by atoms with Gasteiger partial charge in [-0.2, -0.15) is 18.4 Å². The van der Waals surface area contributed by atoms with Gasteiger partial charge in [-0.25, -0.2) is 9.97 Å². The first-order valence-electron chi connectivity index (χ1n) is 13.6. The largest absolute Gasteiger partial charge is 0.393 e. The quantitative estimate of drug-likeness (QED) is 0.297. The van der Waals surface area contributed by atoms with Crippen LogP contribution in [0.5, 0.6) is 0 Å². The number of H-pyrrole nitrogens is 1. The van der Waals surface area contributed by atoms with Gasteiger partial charge in [0.2, 0.25) is 0 Å². The number of hydrogen-bond donors (Lipinski definition) is 2. The first-order chi connectivity index (χ1) is 19.2. The molecule has 4 aromatic rings. The summed E-state index contributed by atoms with van der Waals surface area (Å²) >= 11 is 1.05. The number of hydrogen-bond acceptors (Lipinski definition) is 6. The first kappa shape index (κ1) is 26.6. The molecule has 4 heterocycles. The van der Waals surface area contributed by atoms with E-state index in [9.17, 15) is 23.2 Å². The van der Waals surface area contributed by atoms with E-state index in [1.807, 2.05) is 13.0 Å². The number of anilines is 1. The van der Waals surface area contributed by atoms with Crippen molar-refractivity contribution in [2.45, 2.75) is 57.7 Å². The highest BCUT2D eigenvalue weighted by Gasteiger charge is 2.40. The van der Waals surface area contributed by atoms with E-state index in [1.165, 1.54) is 12.7 Å². The molecule has 1 saturated heterocycles. The SMILES string of the molecule is Cc1c(C(=O)NC2CN(c3ncnc4sc(CC(F)(F)F)cc34)CC2C2CCCCC2)ccc2[nH]c(C#N)cc12. The number of alkyl halides is 3. The molecule has 2 N–H and O–H groups in total. The van der Waals surface area contributed by atoms with Crippen LogP contribution in [-0.2, 0) is 6.42 Å². The minimum atomic E-state index is -4.29. The molecule has 1 saturated carbocycles. The van der Waals surface area contributed by atoms with E-state index in [0.29, 0.717) is 46.3 Å². The molecule has 3 aromatic heterocycles. The van der Waals surface area contributed by atoms with E-state index in [2.05, 4.69) is 31.2 Å². The van der Waals surface area contributed by atoms with Gasteiger partial charge >= 0.3 is 6.18 Å². The fourth-order valence-electron chi connectivity index (χ4n) is 6.53. The molecule has 2 fully saturated rings. The van der Waals surface area contributed by atoms with Crippen LogP contribution in [0.15, 0.2) is 30.6 Å². The molecular weight excluding hydrogens is 537 g/mol. The standard InChI is InChI=1S/C29H29F3N6OS/c1-16-20(7-8-24-21(16)9-18(12-33)36-24)27(39)37-25-14-38(13-23(25)17-5-3-2-4-6-17)26-22-10-19(11-29(30,31)32)40-28(22)35-15-34-26/h7-10,15,17,23,25,36H,2-6,11,13-14H2,1H3,(H,37,39). The summed E-state index contributed by atoms with van der Waals surface area (Å²) in [6.07, 6.45) is 1.88. The number of aryl methyl sites for hydroxylation is 1. The van der Waals surface area contributed by atoms with Crippen LogP contribution < -0.4 is 10.2 Å². The molecule has 6 rings (SSSR count). The number of nitrogens with zero attached hydrogens (tertiary/aromatic N) is 4. The Bertz CT molecular complexity index is 1610. The topological polar surface area (TPSA) is 97.7 Å². The van der Waals surface area contributed by atoms with E-state index in [4.69, 9.17) is 0 Å². The van der Waals surface area contributed by atoms with Gasteiger partial charge in [0.1, 0.15) is 28.7 Å². The molecule has 1 amide bonds. The summed E-state index contributed by atoms with van der Waals surface area (Å²) in [5.41, 5.74) is 2.63. The minimum absolute atomic E-state index is 0.134. The average Bonchev–Trinajstić information content (AvgIpc) is 3.64. The zero-order valence-corrected chi connectivity index (χ0v) is 22.8. The second-order valence-electron chi connectivity index (χ2n) is 11.0. The number of halogens is 3. The number of nitriles is 1. The number of benzene rings is 1. The molecule has 1 aliphatic carbocycles. The number of carbonyl (C=O) groups excluding carboxylic acids is 1. The zero-order valence-electron chi connectivity index (χ0n) is 22.0. The monoisotopic (exact) mass is 566 g/mol. The molecule has 0 radical (unpaired) electrons. The summed E-state index contributed by atoms with van der Waals surface area (Å²) in [4.78, 5) is 28.3. The number of amides is 1. The van der Waals surface area contributed by atoms with Gasteiger partial charge < -0.3 is 15.2 Å². The maximum Gasteiger partial charge on any atom is 0.393 e. The fraction of sp³-hybridized carbons (Fsp3) is 0.448. The number of carbonyl (C=O) groups is 1. The van der Waals surface area contributed by atoms with E-state index in [1.54, 1.807) is 18.2 Å². The Balaban J connectivity index is 1.29. The van der Waals surface area contributed by atoms with Gasteiger partial charge in [-0.1, -0.05) is 32.1 Å². The lowest BCUT2D eigenvalue weighted by Crippen LogP contribution is -2.43. The number of fused-ring (bicyclic) bond motifs is 2. The number of rotatable bonds is 5. The van der Waals surface area contributed by atoms with E-state index in [-0.39, 0.29) is 22.7 Å². The normalized spacial score (nSPS) is 20.3. The van der Waals surface area contributed by atoms with Crippen molar-refractivity contribution in [3.63, 3.8) is 0 Å². The van der Waals surface area contributed by atoms with Crippen LogP contribution in [0.25, 0.3) is 21.1 Å². The number of aromatic amines is 1. The zero-order chi connectivity index (χ0) is 28.0. The second kappa shape index (κ2) is 10.4. The predicted octanol–water partition coefficient (Wildman–Crippen LogP) is 6.27. The van der Waals surface area contributed by atoms with Crippen molar-refractivity contribution in [3.05, 3.63) is 52.3 Å². The lowest BCUT2D eigenvalue weighted by atomic mass is 9.78. The number of nitrogens with one attached hydrogen (secondary N) is 2. The Labute approximate surface area is 233 Å². The molecular formula is C29H29F3N6OS. The van der Waals surface area contributed by atoms with Gasteiger partial charge in [-0.15, -0.1) is 11.3 Å². The van der Waals surface area contributed by atoms with Gasteiger partial charge in [0.15, 0.2) is 0 Å². The lowest BCUT2D eigenvalue weighted by molar-refractivity contribution is -0.126. The summed E-state index contributed by atoms with van der Waals surface area (Å²) in [7, 11) is 0. The van der Waals surface area contributed by atoms with Crippen LogP contribution in [-0.4, -0.2) is 46.2 Å². The van der Waals surface area contributed by atoms with Crippen LogP contribution in [0.2, 0.25) is 0 Å². The molecule has 1 aliphatic heterocycles. The third-order valence-corrected chi connectivity index (χ3v) is 9.45. The molecule has 11 heteroatoms. The number of thiophene rings is 1. The predicted molar refractivity (Wildman–Crippen MR) is 148 cm³/mol. The van der Waals surface area contributed by atoms with Crippen LogP contribution in [0.1, 0.15) is 58.6 Å². The molecule has 1 aromatic carbocycles.